The summed E-state index contributed by atoms with van der Waals surface area (Å²) in [6.45, 7) is 0.0532. The van der Waals surface area contributed by atoms with E-state index in [1.54, 1.807) is 17.5 Å². The Morgan fingerprint density at radius 3 is 2.95 bits per heavy atom. The molecule has 21 heavy (non-hydrogen) atoms. The first-order valence-corrected chi connectivity index (χ1v) is 7.42. The molecule has 0 saturated carbocycles. The number of anilines is 1. The summed E-state index contributed by atoms with van der Waals surface area (Å²) in [7, 11) is 0. The van der Waals surface area contributed by atoms with Crippen molar-refractivity contribution in [1.29, 1.82) is 0 Å². The minimum absolute atomic E-state index is 0.254. The number of fused-ring (bicyclic) bond motifs is 1. The second-order valence-corrected chi connectivity index (χ2v) is 5.62. The molecule has 3 rings (SSSR count). The van der Waals surface area contributed by atoms with E-state index >= 15 is 0 Å². The van der Waals surface area contributed by atoms with E-state index < -0.39 is 6.10 Å². The number of nitrogens with zero attached hydrogens (tertiary/aromatic N) is 2. The number of rotatable bonds is 5. The predicted octanol–water partition coefficient (Wildman–Crippen LogP) is 2.12. The second-order valence-electron chi connectivity index (χ2n) is 4.64. The summed E-state index contributed by atoms with van der Waals surface area (Å²) in [6, 6.07) is 11.6. The fraction of sp³-hybridized carbons (Fsp3) is 0.200. The maximum atomic E-state index is 9.37. The minimum Gasteiger partial charge on any atom is -0.394 e. The number of aliphatic hydroxyl groups is 2. The molecule has 2 heterocycles. The molecular weight excluding hydrogens is 286 g/mol. The van der Waals surface area contributed by atoms with Gasteiger partial charge < -0.3 is 15.5 Å². The topological polar surface area (TPSA) is 78.3 Å². The van der Waals surface area contributed by atoms with Gasteiger partial charge in [0.15, 0.2) is 0 Å². The van der Waals surface area contributed by atoms with E-state index in [0.717, 1.165) is 26.6 Å². The SMILES string of the molecule is OCC(O)CNc1cccc(-c2nc3cccnc3s2)c1. The molecule has 5 nitrogen and oxygen atoms in total. The summed E-state index contributed by atoms with van der Waals surface area (Å²) >= 11 is 1.55. The highest BCUT2D eigenvalue weighted by molar-refractivity contribution is 7.21. The van der Waals surface area contributed by atoms with E-state index in [0.29, 0.717) is 6.54 Å². The highest BCUT2D eigenvalue weighted by Crippen LogP contribution is 2.29. The van der Waals surface area contributed by atoms with Gasteiger partial charge in [0.1, 0.15) is 15.4 Å². The molecule has 0 radical (unpaired) electrons. The van der Waals surface area contributed by atoms with Gasteiger partial charge in [-0.05, 0) is 24.3 Å². The number of aromatic nitrogens is 2. The van der Waals surface area contributed by atoms with Crippen LogP contribution in [-0.2, 0) is 0 Å². The Labute approximate surface area is 125 Å². The molecular formula is C15H15N3O2S. The predicted molar refractivity (Wildman–Crippen MR) is 84.4 cm³/mol. The first kappa shape index (κ1) is 13.9. The zero-order valence-corrected chi connectivity index (χ0v) is 12.0. The number of aliphatic hydroxyl groups excluding tert-OH is 2. The van der Waals surface area contributed by atoms with Gasteiger partial charge in [-0.25, -0.2) is 9.97 Å². The van der Waals surface area contributed by atoms with Crippen molar-refractivity contribution in [3.63, 3.8) is 0 Å². The Hall–Kier alpha value is -2.02. The van der Waals surface area contributed by atoms with Crippen molar-refractivity contribution >= 4 is 27.4 Å². The molecule has 3 N–H and O–H groups in total. The van der Waals surface area contributed by atoms with Crippen LogP contribution in [0.2, 0.25) is 0 Å². The largest absolute Gasteiger partial charge is 0.394 e. The number of nitrogens with one attached hydrogen (secondary N) is 1. The lowest BCUT2D eigenvalue weighted by atomic mass is 10.2. The molecule has 0 aliphatic rings. The molecule has 108 valence electrons. The third-order valence-corrected chi connectivity index (χ3v) is 4.06. The minimum atomic E-state index is -0.764. The van der Waals surface area contributed by atoms with Crippen LogP contribution in [0.4, 0.5) is 5.69 Å². The Kier molecular flexibility index (Phi) is 4.10. The molecule has 2 aromatic heterocycles. The van der Waals surface area contributed by atoms with Crippen LogP contribution in [0.15, 0.2) is 42.6 Å². The van der Waals surface area contributed by atoms with E-state index in [1.165, 1.54) is 0 Å². The van der Waals surface area contributed by atoms with Gasteiger partial charge in [0, 0.05) is 24.0 Å². The van der Waals surface area contributed by atoms with Crippen LogP contribution in [0, 0.1) is 0 Å². The summed E-state index contributed by atoms with van der Waals surface area (Å²) in [5.74, 6) is 0. The van der Waals surface area contributed by atoms with E-state index in [4.69, 9.17) is 5.11 Å². The third kappa shape index (κ3) is 3.18. The van der Waals surface area contributed by atoms with Crippen LogP contribution in [-0.4, -0.2) is 39.4 Å². The maximum absolute atomic E-state index is 9.37. The zero-order chi connectivity index (χ0) is 14.7. The van der Waals surface area contributed by atoms with E-state index in [1.807, 2.05) is 36.4 Å². The van der Waals surface area contributed by atoms with Crippen molar-refractivity contribution in [3.8, 4) is 10.6 Å². The van der Waals surface area contributed by atoms with Crippen molar-refractivity contribution in [2.75, 3.05) is 18.5 Å². The lowest BCUT2D eigenvalue weighted by molar-refractivity contribution is 0.105. The van der Waals surface area contributed by atoms with Crippen molar-refractivity contribution in [3.05, 3.63) is 42.6 Å². The normalized spacial score (nSPS) is 12.5. The summed E-state index contributed by atoms with van der Waals surface area (Å²) in [4.78, 5) is 9.79. The molecule has 1 aromatic carbocycles. The standard InChI is InChI=1S/C15H15N3O2S/c19-9-12(20)8-17-11-4-1-3-10(7-11)14-18-13-5-2-6-16-15(13)21-14/h1-7,12,17,19-20H,8-9H2. The molecule has 0 saturated heterocycles. The molecule has 0 amide bonds. The van der Waals surface area contributed by atoms with E-state index in [-0.39, 0.29) is 6.61 Å². The quantitative estimate of drug-likeness (QED) is 0.673. The van der Waals surface area contributed by atoms with Gasteiger partial charge in [0.25, 0.3) is 0 Å². The Morgan fingerprint density at radius 2 is 2.14 bits per heavy atom. The smallest absolute Gasteiger partial charge is 0.143 e. The summed E-state index contributed by atoms with van der Waals surface area (Å²) in [5, 5.41) is 22.2. The molecule has 1 unspecified atom stereocenters. The molecule has 6 heteroatoms. The molecule has 0 fully saturated rings. The molecule has 0 aliphatic heterocycles. The average Bonchev–Trinajstić information content (AvgIpc) is 2.97. The van der Waals surface area contributed by atoms with Crippen LogP contribution in [0.5, 0.6) is 0 Å². The third-order valence-electron chi connectivity index (χ3n) is 3.03. The van der Waals surface area contributed by atoms with Gasteiger partial charge in [-0.15, -0.1) is 0 Å². The van der Waals surface area contributed by atoms with Gasteiger partial charge in [0.2, 0.25) is 0 Å². The highest BCUT2D eigenvalue weighted by atomic mass is 32.1. The van der Waals surface area contributed by atoms with E-state index in [2.05, 4.69) is 15.3 Å². The Balaban J connectivity index is 1.85. The maximum Gasteiger partial charge on any atom is 0.143 e. The molecule has 3 aromatic rings. The fourth-order valence-corrected chi connectivity index (χ4v) is 2.86. The van der Waals surface area contributed by atoms with Gasteiger partial charge in [-0.1, -0.05) is 23.5 Å². The van der Waals surface area contributed by atoms with Gasteiger partial charge in [-0.2, -0.15) is 0 Å². The average molecular weight is 301 g/mol. The van der Waals surface area contributed by atoms with Crippen LogP contribution in [0.1, 0.15) is 0 Å². The van der Waals surface area contributed by atoms with Crippen molar-refractivity contribution in [2.24, 2.45) is 0 Å². The number of pyridine rings is 1. The molecule has 0 spiro atoms. The lowest BCUT2D eigenvalue weighted by Gasteiger charge is -2.10. The lowest BCUT2D eigenvalue weighted by Crippen LogP contribution is -2.22. The van der Waals surface area contributed by atoms with Gasteiger partial charge >= 0.3 is 0 Å². The molecule has 1 atom stereocenters. The number of thiazole rings is 1. The summed E-state index contributed by atoms with van der Waals surface area (Å²) in [5.41, 5.74) is 2.78. The zero-order valence-electron chi connectivity index (χ0n) is 11.2. The van der Waals surface area contributed by atoms with Crippen LogP contribution in [0.25, 0.3) is 20.9 Å². The summed E-state index contributed by atoms with van der Waals surface area (Å²) in [6.07, 6.45) is 0.999. The van der Waals surface area contributed by atoms with Crippen molar-refractivity contribution in [1.82, 2.24) is 9.97 Å². The van der Waals surface area contributed by atoms with Crippen LogP contribution >= 0.6 is 11.3 Å². The first-order valence-electron chi connectivity index (χ1n) is 6.61. The monoisotopic (exact) mass is 301 g/mol. The molecule has 0 bridgehead atoms. The van der Waals surface area contributed by atoms with Crippen molar-refractivity contribution < 1.29 is 10.2 Å². The Morgan fingerprint density at radius 1 is 1.24 bits per heavy atom. The van der Waals surface area contributed by atoms with Gasteiger partial charge in [0.05, 0.1) is 12.7 Å². The van der Waals surface area contributed by atoms with Crippen LogP contribution in [0.3, 0.4) is 0 Å². The summed E-state index contributed by atoms with van der Waals surface area (Å²) < 4.78 is 0. The van der Waals surface area contributed by atoms with Crippen LogP contribution < -0.4 is 5.32 Å². The fourth-order valence-electron chi connectivity index (χ4n) is 1.96. The number of benzene rings is 1. The first-order chi connectivity index (χ1) is 10.3. The number of hydrogen-bond donors (Lipinski definition) is 3. The highest BCUT2D eigenvalue weighted by Gasteiger charge is 2.08. The molecule has 0 aliphatic carbocycles. The second kappa shape index (κ2) is 6.17. The van der Waals surface area contributed by atoms with Crippen molar-refractivity contribution in [2.45, 2.75) is 6.10 Å². The Bertz CT molecular complexity index is 711. The van der Waals surface area contributed by atoms with E-state index in [9.17, 15) is 5.11 Å². The number of hydrogen-bond acceptors (Lipinski definition) is 6. The van der Waals surface area contributed by atoms with Gasteiger partial charge in [-0.3, -0.25) is 0 Å².